The van der Waals surface area contributed by atoms with Crippen LogP contribution in [0.15, 0.2) is 53.1 Å². The Hall–Kier alpha value is -2.27. The van der Waals surface area contributed by atoms with Gasteiger partial charge < -0.3 is 4.42 Å². The summed E-state index contributed by atoms with van der Waals surface area (Å²) in [5, 5.41) is 4.81. The SMILES string of the molecule is O=S1(=O)CCC(N2CCN(Cn3nc(-c4ccco4)n(Cc4ccccc4)c3=S)CC2)C1. The van der Waals surface area contributed by atoms with Gasteiger partial charge in [-0.3, -0.25) is 14.4 Å². The molecule has 4 heterocycles. The maximum Gasteiger partial charge on any atom is 0.199 e. The molecule has 170 valence electrons. The number of sulfone groups is 1. The van der Waals surface area contributed by atoms with Crippen LogP contribution >= 0.6 is 12.2 Å². The second-order valence-electron chi connectivity index (χ2n) is 8.51. The van der Waals surface area contributed by atoms with E-state index in [9.17, 15) is 8.42 Å². The third-order valence-corrected chi connectivity index (χ3v) is 8.50. The van der Waals surface area contributed by atoms with Crippen LogP contribution in [-0.4, -0.2) is 76.3 Å². The van der Waals surface area contributed by atoms with Gasteiger partial charge in [-0.25, -0.2) is 13.1 Å². The van der Waals surface area contributed by atoms with Gasteiger partial charge in [-0.2, -0.15) is 0 Å². The van der Waals surface area contributed by atoms with Crippen LogP contribution in [0.4, 0.5) is 0 Å². The summed E-state index contributed by atoms with van der Waals surface area (Å²) in [5.74, 6) is 2.03. The van der Waals surface area contributed by atoms with E-state index in [1.54, 1.807) is 6.26 Å². The molecule has 1 aromatic carbocycles. The number of aromatic nitrogens is 3. The van der Waals surface area contributed by atoms with E-state index in [1.165, 1.54) is 0 Å². The highest BCUT2D eigenvalue weighted by molar-refractivity contribution is 7.91. The van der Waals surface area contributed by atoms with Crippen molar-refractivity contribution in [3.05, 3.63) is 59.1 Å². The van der Waals surface area contributed by atoms with Crippen LogP contribution in [0.1, 0.15) is 12.0 Å². The molecule has 0 spiro atoms. The number of hydrogen-bond acceptors (Lipinski definition) is 7. The molecule has 5 rings (SSSR count). The molecule has 32 heavy (non-hydrogen) atoms. The second kappa shape index (κ2) is 8.93. The average Bonchev–Trinajstić information content (AvgIpc) is 3.51. The lowest BCUT2D eigenvalue weighted by molar-refractivity contribution is 0.0808. The molecule has 2 saturated heterocycles. The first kappa shape index (κ1) is 21.6. The zero-order valence-electron chi connectivity index (χ0n) is 17.8. The van der Waals surface area contributed by atoms with Crippen molar-refractivity contribution in [1.82, 2.24) is 24.1 Å². The van der Waals surface area contributed by atoms with Crippen LogP contribution in [0, 0.1) is 4.77 Å². The van der Waals surface area contributed by atoms with Gasteiger partial charge in [-0.1, -0.05) is 30.3 Å². The number of nitrogens with zero attached hydrogens (tertiary/aromatic N) is 5. The van der Waals surface area contributed by atoms with Crippen LogP contribution in [0.3, 0.4) is 0 Å². The Balaban J connectivity index is 1.31. The van der Waals surface area contributed by atoms with Crippen LogP contribution in [0.25, 0.3) is 11.6 Å². The quantitative estimate of drug-likeness (QED) is 0.509. The lowest BCUT2D eigenvalue weighted by atomic mass is 10.2. The average molecular weight is 474 g/mol. The molecule has 3 aromatic rings. The minimum Gasteiger partial charge on any atom is -0.461 e. The molecule has 0 aliphatic carbocycles. The molecule has 2 fully saturated rings. The second-order valence-corrected chi connectivity index (χ2v) is 11.1. The van der Waals surface area contributed by atoms with Crippen LogP contribution in [0.2, 0.25) is 0 Å². The van der Waals surface area contributed by atoms with Crippen molar-refractivity contribution < 1.29 is 12.8 Å². The van der Waals surface area contributed by atoms with Gasteiger partial charge in [0.2, 0.25) is 0 Å². The molecule has 2 aromatic heterocycles. The largest absolute Gasteiger partial charge is 0.461 e. The van der Waals surface area contributed by atoms with Gasteiger partial charge >= 0.3 is 0 Å². The summed E-state index contributed by atoms with van der Waals surface area (Å²) in [5.41, 5.74) is 1.15. The van der Waals surface area contributed by atoms with Crippen molar-refractivity contribution >= 4 is 22.1 Å². The Labute approximate surface area is 193 Å². The Morgan fingerprint density at radius 2 is 1.84 bits per heavy atom. The van der Waals surface area contributed by atoms with Crippen molar-refractivity contribution in [1.29, 1.82) is 0 Å². The van der Waals surface area contributed by atoms with Crippen LogP contribution < -0.4 is 0 Å². The summed E-state index contributed by atoms with van der Waals surface area (Å²) in [6.07, 6.45) is 2.40. The minimum absolute atomic E-state index is 0.167. The van der Waals surface area contributed by atoms with E-state index < -0.39 is 9.84 Å². The summed E-state index contributed by atoms with van der Waals surface area (Å²) in [7, 11) is -2.86. The molecule has 2 aliphatic rings. The fraction of sp³-hybridized carbons (Fsp3) is 0.455. The highest BCUT2D eigenvalue weighted by Crippen LogP contribution is 2.22. The predicted molar refractivity (Wildman–Crippen MR) is 125 cm³/mol. The number of benzene rings is 1. The van der Waals surface area contributed by atoms with Gasteiger partial charge in [0.1, 0.15) is 0 Å². The van der Waals surface area contributed by atoms with Gasteiger partial charge in [0, 0.05) is 32.2 Å². The normalized spacial score (nSPS) is 21.8. The molecule has 0 N–H and O–H groups in total. The summed E-state index contributed by atoms with van der Waals surface area (Å²) < 4.78 is 33.8. The summed E-state index contributed by atoms with van der Waals surface area (Å²) in [6, 6.07) is 14.1. The van der Waals surface area contributed by atoms with Crippen molar-refractivity contribution in [2.24, 2.45) is 0 Å². The highest BCUT2D eigenvalue weighted by Gasteiger charge is 2.33. The minimum atomic E-state index is -2.86. The lowest BCUT2D eigenvalue weighted by Crippen LogP contribution is -2.51. The summed E-state index contributed by atoms with van der Waals surface area (Å²) in [6.45, 7) is 4.68. The molecule has 1 atom stereocenters. The first-order valence-electron chi connectivity index (χ1n) is 10.9. The predicted octanol–water partition coefficient (Wildman–Crippen LogP) is 2.48. The topological polar surface area (TPSA) is 76.5 Å². The van der Waals surface area contributed by atoms with E-state index in [4.69, 9.17) is 21.7 Å². The molecule has 8 nitrogen and oxygen atoms in total. The smallest absolute Gasteiger partial charge is 0.199 e. The molecular formula is C22H27N5O3S2. The monoisotopic (exact) mass is 473 g/mol. The lowest BCUT2D eigenvalue weighted by Gasteiger charge is -2.37. The molecule has 10 heteroatoms. The molecule has 0 amide bonds. The Kier molecular flexibility index (Phi) is 6.02. The van der Waals surface area contributed by atoms with Gasteiger partial charge in [0.15, 0.2) is 26.2 Å². The van der Waals surface area contributed by atoms with Crippen molar-refractivity contribution in [2.75, 3.05) is 37.7 Å². The van der Waals surface area contributed by atoms with Gasteiger partial charge in [-0.05, 0) is 36.3 Å². The standard InChI is InChI=1S/C22H27N5O3S2/c28-32(29)14-8-19(16-32)25-11-9-24(10-12-25)17-27-22(31)26(15-18-5-2-1-3-6-18)21(23-27)20-7-4-13-30-20/h1-7,13,19H,8-12,14-17H2. The van der Waals surface area contributed by atoms with E-state index in [1.807, 2.05) is 39.6 Å². The molecule has 2 aliphatic heterocycles. The van der Waals surface area contributed by atoms with Crippen molar-refractivity contribution in [3.63, 3.8) is 0 Å². The summed E-state index contributed by atoms with van der Waals surface area (Å²) in [4.78, 5) is 4.64. The zero-order valence-corrected chi connectivity index (χ0v) is 19.5. The fourth-order valence-corrected chi connectivity index (χ4v) is 6.56. The Bertz CT molecular complexity index is 1210. The first-order chi connectivity index (χ1) is 15.5. The van der Waals surface area contributed by atoms with Gasteiger partial charge in [0.05, 0.1) is 31.0 Å². The van der Waals surface area contributed by atoms with E-state index >= 15 is 0 Å². The summed E-state index contributed by atoms with van der Waals surface area (Å²) >= 11 is 5.81. The van der Waals surface area contributed by atoms with E-state index in [-0.39, 0.29) is 6.04 Å². The van der Waals surface area contributed by atoms with E-state index in [0.717, 1.165) is 44.0 Å². The van der Waals surface area contributed by atoms with Crippen LogP contribution in [-0.2, 0) is 23.1 Å². The maximum atomic E-state index is 11.8. The zero-order chi connectivity index (χ0) is 22.1. The van der Waals surface area contributed by atoms with E-state index in [2.05, 4.69) is 21.9 Å². The molecular weight excluding hydrogens is 446 g/mol. The Morgan fingerprint density at radius 1 is 1.06 bits per heavy atom. The third kappa shape index (κ3) is 4.59. The number of hydrogen-bond donors (Lipinski definition) is 0. The van der Waals surface area contributed by atoms with Crippen LogP contribution in [0.5, 0.6) is 0 Å². The maximum absolute atomic E-state index is 11.8. The third-order valence-electron chi connectivity index (χ3n) is 6.31. The molecule has 1 unspecified atom stereocenters. The fourth-order valence-electron chi connectivity index (χ4n) is 4.55. The number of piperazine rings is 1. The van der Waals surface area contributed by atoms with Crippen molar-refractivity contribution in [2.45, 2.75) is 25.7 Å². The highest BCUT2D eigenvalue weighted by atomic mass is 32.2. The molecule has 0 saturated carbocycles. The first-order valence-corrected chi connectivity index (χ1v) is 13.1. The number of furan rings is 1. The van der Waals surface area contributed by atoms with Crippen molar-refractivity contribution in [3.8, 4) is 11.6 Å². The molecule has 0 radical (unpaired) electrons. The number of rotatable bonds is 6. The Morgan fingerprint density at radius 3 is 2.50 bits per heavy atom. The van der Waals surface area contributed by atoms with Gasteiger partial charge in [0.25, 0.3) is 0 Å². The van der Waals surface area contributed by atoms with E-state index in [0.29, 0.717) is 35.3 Å². The molecule has 0 bridgehead atoms. The van der Waals surface area contributed by atoms with Gasteiger partial charge in [-0.15, -0.1) is 5.10 Å².